The van der Waals surface area contributed by atoms with E-state index in [0.29, 0.717) is 6.67 Å². The average Bonchev–Trinajstić information content (AvgIpc) is 3.33. The largest absolute Gasteiger partial charge is 0.457 e. The predicted octanol–water partition coefficient (Wildman–Crippen LogP) is 7.88. The van der Waals surface area contributed by atoms with Crippen LogP contribution in [0.25, 0.3) is 11.4 Å². The first-order valence-corrected chi connectivity index (χ1v) is 12.7. The first-order chi connectivity index (χ1) is 18.5. The maximum absolute atomic E-state index is 6.46. The van der Waals surface area contributed by atoms with Gasteiger partial charge in [-0.05, 0) is 65.6 Å². The molecule has 0 radical (unpaired) electrons. The van der Waals surface area contributed by atoms with Crippen LogP contribution >= 0.6 is 0 Å². The summed E-state index contributed by atoms with van der Waals surface area (Å²) in [5, 5.41) is 0. The number of rotatable bonds is 5. The highest BCUT2D eigenvalue weighted by Gasteiger charge is 2.29. The minimum Gasteiger partial charge on any atom is -0.457 e. The Morgan fingerprint density at radius 3 is 2.05 bits per heavy atom. The Hall–Kier alpha value is -4.71. The molecule has 6 heteroatoms. The zero-order chi connectivity index (χ0) is 26.1. The highest BCUT2D eigenvalue weighted by Crippen LogP contribution is 2.45. The van der Waals surface area contributed by atoms with Crippen LogP contribution in [0.15, 0.2) is 110 Å². The number of anilines is 4. The van der Waals surface area contributed by atoms with E-state index in [0.717, 1.165) is 45.8 Å². The summed E-state index contributed by atoms with van der Waals surface area (Å²) in [5.41, 5.74) is 6.04. The molecular weight excluding hydrogens is 470 g/mol. The van der Waals surface area contributed by atoms with E-state index in [1.165, 1.54) is 5.56 Å². The van der Waals surface area contributed by atoms with Gasteiger partial charge in [-0.15, -0.1) is 0 Å². The van der Waals surface area contributed by atoms with Gasteiger partial charge < -0.3 is 14.5 Å². The highest BCUT2D eigenvalue weighted by atomic mass is 16.5. The molecule has 1 aliphatic heterocycles. The normalized spacial score (nSPS) is 12.9. The molecule has 0 saturated heterocycles. The Kier molecular flexibility index (Phi) is 6.00. The van der Waals surface area contributed by atoms with E-state index < -0.39 is 0 Å². The molecule has 5 aromatic rings. The Bertz CT molecular complexity index is 1560. The van der Waals surface area contributed by atoms with Gasteiger partial charge in [0.1, 0.15) is 24.0 Å². The molecule has 0 unspecified atom stereocenters. The third kappa shape index (κ3) is 4.68. The second kappa shape index (κ2) is 9.63. The van der Waals surface area contributed by atoms with E-state index in [4.69, 9.17) is 4.74 Å². The summed E-state index contributed by atoms with van der Waals surface area (Å²) in [6.45, 7) is 7.32. The molecule has 6 nitrogen and oxygen atoms in total. The Labute approximate surface area is 223 Å². The molecule has 0 fully saturated rings. The molecule has 1 aliphatic rings. The predicted molar refractivity (Wildman–Crippen MR) is 153 cm³/mol. The standard InChI is InChI=1S/C32H29N5O/c1-32(2,3)23-18-24(36-22-37(31-13-7-9-16-35-31)30-12-5-4-11-29(30)36)20-26(19-23)38-25-14-17-34-28(21-25)27-10-6-8-15-33-27/h4-21H,22H2,1-3H3. The van der Waals surface area contributed by atoms with Crippen molar-refractivity contribution in [3.8, 4) is 22.9 Å². The fraction of sp³-hybridized carbons (Fsp3) is 0.156. The van der Waals surface area contributed by atoms with Crippen molar-refractivity contribution in [1.29, 1.82) is 0 Å². The van der Waals surface area contributed by atoms with Gasteiger partial charge in [-0.25, -0.2) is 4.98 Å². The number of benzene rings is 2. The molecule has 0 saturated carbocycles. The summed E-state index contributed by atoms with van der Waals surface area (Å²) in [4.78, 5) is 18.1. The summed E-state index contributed by atoms with van der Waals surface area (Å²) in [6, 6.07) is 30.6. The lowest BCUT2D eigenvalue weighted by Crippen LogP contribution is -2.25. The van der Waals surface area contributed by atoms with Crippen LogP contribution in [0.1, 0.15) is 26.3 Å². The number of pyridine rings is 3. The third-order valence-electron chi connectivity index (χ3n) is 6.64. The third-order valence-corrected chi connectivity index (χ3v) is 6.64. The maximum atomic E-state index is 6.46. The van der Waals surface area contributed by atoms with Crippen LogP contribution in [-0.4, -0.2) is 21.6 Å². The Balaban J connectivity index is 1.39. The van der Waals surface area contributed by atoms with Crippen LogP contribution in [0.2, 0.25) is 0 Å². The van der Waals surface area contributed by atoms with Crippen LogP contribution < -0.4 is 14.5 Å². The van der Waals surface area contributed by atoms with E-state index in [-0.39, 0.29) is 5.41 Å². The second-order valence-electron chi connectivity index (χ2n) is 10.3. The van der Waals surface area contributed by atoms with E-state index in [9.17, 15) is 0 Å². The number of para-hydroxylation sites is 2. The average molecular weight is 500 g/mol. The monoisotopic (exact) mass is 499 g/mol. The van der Waals surface area contributed by atoms with Crippen molar-refractivity contribution >= 4 is 22.9 Å². The van der Waals surface area contributed by atoms with Crippen molar-refractivity contribution in [2.45, 2.75) is 26.2 Å². The molecule has 2 aromatic carbocycles. The maximum Gasteiger partial charge on any atom is 0.134 e. The molecule has 6 rings (SSSR count). The zero-order valence-electron chi connectivity index (χ0n) is 21.7. The van der Waals surface area contributed by atoms with E-state index in [1.807, 2.05) is 54.7 Å². The fourth-order valence-electron chi connectivity index (χ4n) is 4.64. The van der Waals surface area contributed by atoms with Gasteiger partial charge in [-0.3, -0.25) is 9.97 Å². The quantitative estimate of drug-likeness (QED) is 0.245. The second-order valence-corrected chi connectivity index (χ2v) is 10.3. The minimum atomic E-state index is -0.0641. The van der Waals surface area contributed by atoms with Crippen molar-refractivity contribution < 1.29 is 4.74 Å². The van der Waals surface area contributed by atoms with Crippen LogP contribution in [0.3, 0.4) is 0 Å². The molecule has 0 amide bonds. The van der Waals surface area contributed by atoms with Crippen LogP contribution in [0.5, 0.6) is 11.5 Å². The van der Waals surface area contributed by atoms with Crippen molar-refractivity contribution in [3.05, 3.63) is 115 Å². The summed E-state index contributed by atoms with van der Waals surface area (Å²) >= 11 is 0. The number of hydrogen-bond donors (Lipinski definition) is 0. The van der Waals surface area contributed by atoms with Gasteiger partial charge in [0.25, 0.3) is 0 Å². The van der Waals surface area contributed by atoms with Gasteiger partial charge >= 0.3 is 0 Å². The van der Waals surface area contributed by atoms with E-state index in [1.54, 1.807) is 12.4 Å². The summed E-state index contributed by atoms with van der Waals surface area (Å²) in [5.74, 6) is 2.42. The first kappa shape index (κ1) is 23.7. The SMILES string of the molecule is CC(C)(C)c1cc(Oc2ccnc(-c3ccccn3)c2)cc(N2CN(c3ccccn3)c3ccccc32)c1. The number of nitrogens with zero attached hydrogens (tertiary/aromatic N) is 5. The molecule has 0 atom stereocenters. The molecule has 0 aliphatic carbocycles. The lowest BCUT2D eigenvalue weighted by molar-refractivity contribution is 0.478. The highest BCUT2D eigenvalue weighted by molar-refractivity contribution is 5.86. The summed E-state index contributed by atoms with van der Waals surface area (Å²) < 4.78 is 6.46. The van der Waals surface area contributed by atoms with Crippen molar-refractivity contribution in [2.24, 2.45) is 0 Å². The fourth-order valence-corrected chi connectivity index (χ4v) is 4.64. The number of fused-ring (bicyclic) bond motifs is 1. The van der Waals surface area contributed by atoms with Gasteiger partial charge in [0.2, 0.25) is 0 Å². The first-order valence-electron chi connectivity index (χ1n) is 12.7. The minimum absolute atomic E-state index is 0.0641. The Morgan fingerprint density at radius 1 is 0.632 bits per heavy atom. The van der Waals surface area contributed by atoms with Gasteiger partial charge in [0, 0.05) is 36.4 Å². The van der Waals surface area contributed by atoms with Crippen molar-refractivity contribution in [3.63, 3.8) is 0 Å². The number of ether oxygens (including phenoxy) is 1. The summed E-state index contributed by atoms with van der Waals surface area (Å²) in [6.07, 6.45) is 5.36. The molecule has 4 heterocycles. The zero-order valence-corrected chi connectivity index (χ0v) is 21.7. The molecule has 188 valence electrons. The smallest absolute Gasteiger partial charge is 0.134 e. The van der Waals surface area contributed by atoms with E-state index in [2.05, 4.69) is 88.0 Å². The lowest BCUT2D eigenvalue weighted by Gasteiger charge is -2.26. The van der Waals surface area contributed by atoms with Crippen LogP contribution in [0.4, 0.5) is 22.9 Å². The van der Waals surface area contributed by atoms with E-state index >= 15 is 0 Å². The van der Waals surface area contributed by atoms with Gasteiger partial charge in [0.15, 0.2) is 0 Å². The molecule has 0 N–H and O–H groups in total. The van der Waals surface area contributed by atoms with Crippen molar-refractivity contribution in [1.82, 2.24) is 15.0 Å². The topological polar surface area (TPSA) is 54.4 Å². The summed E-state index contributed by atoms with van der Waals surface area (Å²) in [7, 11) is 0. The van der Waals surface area contributed by atoms with Crippen LogP contribution in [-0.2, 0) is 5.41 Å². The Morgan fingerprint density at radius 2 is 1.34 bits per heavy atom. The molecule has 3 aromatic heterocycles. The van der Waals surface area contributed by atoms with Crippen LogP contribution in [0, 0.1) is 0 Å². The van der Waals surface area contributed by atoms with Gasteiger partial charge in [-0.1, -0.05) is 45.0 Å². The van der Waals surface area contributed by atoms with Crippen molar-refractivity contribution in [2.75, 3.05) is 16.5 Å². The van der Waals surface area contributed by atoms with Gasteiger partial charge in [0.05, 0.1) is 22.8 Å². The molecule has 0 spiro atoms. The molecule has 0 bridgehead atoms. The van der Waals surface area contributed by atoms with Gasteiger partial charge in [-0.2, -0.15) is 0 Å². The number of aromatic nitrogens is 3. The molecule has 38 heavy (non-hydrogen) atoms. The molecular formula is C32H29N5O. The lowest BCUT2D eigenvalue weighted by atomic mass is 9.86. The number of hydrogen-bond acceptors (Lipinski definition) is 6.